The first kappa shape index (κ1) is 28.3. The molecule has 1 aliphatic heterocycles. The standard InChI is InChI=1S/C30H44N2O4/c1-23(2)21-30(35-5,28-10-7-12-31-22-28)27(11-15-34-4)19-24(3)18-25-8-6-9-26(20-25)29(33)32-13-16-36-17-14-32/h6-10,12,20,22-24,27H,11,13-19,21H2,1-5H3. The van der Waals surface area contributed by atoms with Crippen molar-refractivity contribution in [3.05, 3.63) is 65.5 Å². The van der Waals surface area contributed by atoms with E-state index in [1.165, 1.54) is 5.56 Å². The molecule has 0 radical (unpaired) electrons. The van der Waals surface area contributed by atoms with Crippen molar-refractivity contribution in [2.45, 2.75) is 52.1 Å². The third-order valence-corrected chi connectivity index (χ3v) is 7.30. The van der Waals surface area contributed by atoms with E-state index in [-0.39, 0.29) is 11.8 Å². The highest BCUT2D eigenvalue weighted by molar-refractivity contribution is 5.94. The summed E-state index contributed by atoms with van der Waals surface area (Å²) in [6.07, 6.45) is 7.49. The first-order valence-corrected chi connectivity index (χ1v) is 13.3. The highest BCUT2D eigenvalue weighted by atomic mass is 16.5. The van der Waals surface area contributed by atoms with Crippen LogP contribution < -0.4 is 0 Å². The first-order valence-electron chi connectivity index (χ1n) is 13.3. The van der Waals surface area contributed by atoms with Crippen molar-refractivity contribution >= 4 is 5.91 Å². The number of hydrogen-bond donors (Lipinski definition) is 0. The second-order valence-corrected chi connectivity index (χ2v) is 10.6. The fourth-order valence-corrected chi connectivity index (χ4v) is 5.66. The number of ether oxygens (including phenoxy) is 3. The first-order chi connectivity index (χ1) is 17.4. The molecule has 1 saturated heterocycles. The van der Waals surface area contributed by atoms with Crippen LogP contribution in [0.15, 0.2) is 48.8 Å². The number of rotatable bonds is 13. The topological polar surface area (TPSA) is 60.9 Å². The van der Waals surface area contributed by atoms with Crippen LogP contribution in [0.3, 0.4) is 0 Å². The molecule has 6 nitrogen and oxygen atoms in total. The fraction of sp³-hybridized carbons (Fsp3) is 0.600. The van der Waals surface area contributed by atoms with Crippen molar-refractivity contribution in [2.75, 3.05) is 47.1 Å². The second-order valence-electron chi connectivity index (χ2n) is 10.6. The molecule has 0 spiro atoms. The highest BCUT2D eigenvalue weighted by Crippen LogP contribution is 2.44. The van der Waals surface area contributed by atoms with Gasteiger partial charge in [0.05, 0.1) is 18.8 Å². The van der Waals surface area contributed by atoms with Gasteiger partial charge in [-0.2, -0.15) is 0 Å². The Balaban J connectivity index is 1.79. The van der Waals surface area contributed by atoms with Crippen LogP contribution in [-0.4, -0.2) is 62.9 Å². The molecule has 1 aromatic carbocycles. The number of amides is 1. The van der Waals surface area contributed by atoms with E-state index in [4.69, 9.17) is 14.2 Å². The Labute approximate surface area is 217 Å². The predicted octanol–water partition coefficient (Wildman–Crippen LogP) is 5.36. The quantitative estimate of drug-likeness (QED) is 0.373. The molecule has 0 bridgehead atoms. The van der Waals surface area contributed by atoms with Gasteiger partial charge < -0.3 is 19.1 Å². The number of pyridine rings is 1. The lowest BCUT2D eigenvalue weighted by molar-refractivity contribution is -0.0931. The predicted molar refractivity (Wildman–Crippen MR) is 143 cm³/mol. The van der Waals surface area contributed by atoms with Gasteiger partial charge >= 0.3 is 0 Å². The summed E-state index contributed by atoms with van der Waals surface area (Å²) in [5, 5.41) is 0. The molecule has 1 amide bonds. The molecule has 1 aliphatic rings. The molecule has 0 saturated carbocycles. The van der Waals surface area contributed by atoms with Crippen LogP contribution >= 0.6 is 0 Å². The van der Waals surface area contributed by atoms with Crippen LogP contribution in [0.2, 0.25) is 0 Å². The molecule has 2 aromatic rings. The minimum absolute atomic E-state index is 0.0951. The van der Waals surface area contributed by atoms with E-state index in [2.05, 4.69) is 44.0 Å². The maximum absolute atomic E-state index is 13.0. The number of methoxy groups -OCH3 is 2. The summed E-state index contributed by atoms with van der Waals surface area (Å²) in [7, 11) is 3.60. The van der Waals surface area contributed by atoms with Crippen LogP contribution in [0.4, 0.5) is 0 Å². The van der Waals surface area contributed by atoms with Crippen LogP contribution in [-0.2, 0) is 26.2 Å². The Morgan fingerprint density at radius 2 is 1.92 bits per heavy atom. The van der Waals surface area contributed by atoms with Gasteiger partial charge in [0.15, 0.2) is 0 Å². The van der Waals surface area contributed by atoms with Crippen molar-refractivity contribution in [3.63, 3.8) is 0 Å². The second kappa shape index (κ2) is 13.9. The molecule has 0 N–H and O–H groups in total. The van der Waals surface area contributed by atoms with Crippen LogP contribution in [0.1, 0.15) is 61.5 Å². The molecule has 36 heavy (non-hydrogen) atoms. The average Bonchev–Trinajstić information content (AvgIpc) is 2.90. The molecule has 3 atom stereocenters. The summed E-state index contributed by atoms with van der Waals surface area (Å²) >= 11 is 0. The summed E-state index contributed by atoms with van der Waals surface area (Å²) in [6, 6.07) is 12.3. The SMILES string of the molecule is COCCC(CC(C)Cc1cccc(C(=O)N2CCOCC2)c1)C(CC(C)C)(OC)c1cccnc1. The van der Waals surface area contributed by atoms with Gasteiger partial charge in [0, 0.05) is 57.4 Å². The van der Waals surface area contributed by atoms with Crippen molar-refractivity contribution < 1.29 is 19.0 Å². The molecular formula is C30H44N2O4. The maximum atomic E-state index is 13.0. The monoisotopic (exact) mass is 496 g/mol. The lowest BCUT2D eigenvalue weighted by Gasteiger charge is -2.42. The van der Waals surface area contributed by atoms with Crippen LogP contribution in [0.25, 0.3) is 0 Å². The van der Waals surface area contributed by atoms with Crippen LogP contribution in [0.5, 0.6) is 0 Å². The Bertz CT molecular complexity index is 930. The highest BCUT2D eigenvalue weighted by Gasteiger charge is 2.41. The van der Waals surface area contributed by atoms with Crippen molar-refractivity contribution in [1.29, 1.82) is 0 Å². The Kier molecular flexibility index (Phi) is 10.9. The zero-order chi connectivity index (χ0) is 26.0. The zero-order valence-corrected chi connectivity index (χ0v) is 22.7. The largest absolute Gasteiger partial charge is 0.385 e. The molecule has 1 fully saturated rings. The Morgan fingerprint density at radius 3 is 2.56 bits per heavy atom. The third kappa shape index (κ3) is 7.37. The van der Waals surface area contributed by atoms with E-state index in [1.807, 2.05) is 42.6 Å². The van der Waals surface area contributed by atoms with Gasteiger partial charge in [0.25, 0.3) is 5.91 Å². The summed E-state index contributed by atoms with van der Waals surface area (Å²) in [4.78, 5) is 19.3. The van der Waals surface area contributed by atoms with Gasteiger partial charge in [-0.3, -0.25) is 9.78 Å². The van der Waals surface area contributed by atoms with Gasteiger partial charge in [-0.25, -0.2) is 0 Å². The molecule has 0 aliphatic carbocycles. The molecule has 6 heteroatoms. The normalized spacial score (nSPS) is 17.6. The van der Waals surface area contributed by atoms with Gasteiger partial charge in [-0.1, -0.05) is 39.0 Å². The minimum Gasteiger partial charge on any atom is -0.385 e. The van der Waals surface area contributed by atoms with Gasteiger partial charge in [-0.15, -0.1) is 0 Å². The number of morpholine rings is 1. The van der Waals surface area contributed by atoms with Crippen molar-refractivity contribution in [3.8, 4) is 0 Å². The van der Waals surface area contributed by atoms with E-state index in [0.29, 0.717) is 44.7 Å². The van der Waals surface area contributed by atoms with E-state index in [1.54, 1.807) is 7.11 Å². The summed E-state index contributed by atoms with van der Waals surface area (Å²) < 4.78 is 17.3. The van der Waals surface area contributed by atoms with Gasteiger partial charge in [0.2, 0.25) is 0 Å². The molecule has 198 valence electrons. The van der Waals surface area contributed by atoms with Gasteiger partial charge in [-0.05, 0) is 67.2 Å². The fourth-order valence-electron chi connectivity index (χ4n) is 5.66. The Morgan fingerprint density at radius 1 is 1.14 bits per heavy atom. The summed E-state index contributed by atoms with van der Waals surface area (Å²) in [5.41, 5.74) is 2.66. The third-order valence-electron chi connectivity index (χ3n) is 7.30. The number of nitrogens with zero attached hydrogens (tertiary/aromatic N) is 2. The Hall–Kier alpha value is -2.28. The van der Waals surface area contributed by atoms with E-state index in [0.717, 1.165) is 36.8 Å². The smallest absolute Gasteiger partial charge is 0.254 e. The number of hydrogen-bond acceptors (Lipinski definition) is 5. The lowest BCUT2D eigenvalue weighted by atomic mass is 9.71. The zero-order valence-electron chi connectivity index (χ0n) is 22.7. The summed E-state index contributed by atoms with van der Waals surface area (Å²) in [5.74, 6) is 1.23. The van der Waals surface area contributed by atoms with Crippen molar-refractivity contribution in [2.24, 2.45) is 17.8 Å². The van der Waals surface area contributed by atoms with Crippen molar-refractivity contribution in [1.82, 2.24) is 9.88 Å². The lowest BCUT2D eigenvalue weighted by Crippen LogP contribution is -2.40. The minimum atomic E-state index is -0.427. The summed E-state index contributed by atoms with van der Waals surface area (Å²) in [6.45, 7) is 10.0. The maximum Gasteiger partial charge on any atom is 0.254 e. The number of carbonyl (C=O) groups excluding carboxylic acids is 1. The van der Waals surface area contributed by atoms with E-state index >= 15 is 0 Å². The van der Waals surface area contributed by atoms with Gasteiger partial charge in [0.1, 0.15) is 0 Å². The molecule has 3 unspecified atom stereocenters. The molecule has 1 aromatic heterocycles. The number of carbonyl (C=O) groups is 1. The van der Waals surface area contributed by atoms with E-state index in [9.17, 15) is 4.79 Å². The number of benzene rings is 1. The van der Waals surface area contributed by atoms with E-state index < -0.39 is 5.60 Å². The average molecular weight is 497 g/mol. The molecule has 3 rings (SSSR count). The number of aromatic nitrogens is 1. The molecular weight excluding hydrogens is 452 g/mol. The molecule has 2 heterocycles. The van der Waals surface area contributed by atoms with Crippen LogP contribution in [0, 0.1) is 17.8 Å².